The summed E-state index contributed by atoms with van der Waals surface area (Å²) in [5.74, 6) is -0.105. The Balaban J connectivity index is 2.03. The minimum atomic E-state index is -0.829. The highest BCUT2D eigenvalue weighted by molar-refractivity contribution is 6.30. The smallest absolute Gasteiger partial charge is 0.307 e. The summed E-state index contributed by atoms with van der Waals surface area (Å²) in [6, 6.07) is 12.8. The average Bonchev–Trinajstić information content (AvgIpc) is 2.46. The first-order chi connectivity index (χ1) is 10.1. The van der Waals surface area contributed by atoms with Gasteiger partial charge in [0.2, 0.25) is 0 Å². The molecule has 0 aliphatic rings. The highest BCUT2D eigenvalue weighted by atomic mass is 35.5. The molecule has 2 N–H and O–H groups in total. The predicted octanol–water partition coefficient (Wildman–Crippen LogP) is 3.59. The van der Waals surface area contributed by atoms with E-state index < -0.39 is 5.97 Å². The van der Waals surface area contributed by atoms with Crippen LogP contribution in [-0.4, -0.2) is 18.2 Å². The van der Waals surface area contributed by atoms with Gasteiger partial charge in [0.25, 0.3) is 0 Å². The molecule has 21 heavy (non-hydrogen) atoms. The average molecular weight is 306 g/mol. The molecule has 0 atom stereocenters. The molecule has 2 aromatic carbocycles. The van der Waals surface area contributed by atoms with E-state index in [2.05, 4.69) is 5.32 Å². The van der Waals surface area contributed by atoms with Gasteiger partial charge in [0, 0.05) is 11.6 Å². The number of benzene rings is 2. The van der Waals surface area contributed by atoms with Crippen molar-refractivity contribution >= 4 is 23.3 Å². The number of nitrogens with one attached hydrogen (secondary N) is 1. The van der Waals surface area contributed by atoms with Crippen LogP contribution in [0.15, 0.2) is 42.5 Å². The Morgan fingerprint density at radius 3 is 2.48 bits per heavy atom. The van der Waals surface area contributed by atoms with Gasteiger partial charge < -0.3 is 15.2 Å². The van der Waals surface area contributed by atoms with Gasteiger partial charge in [0.1, 0.15) is 5.75 Å². The number of hydrogen-bond acceptors (Lipinski definition) is 3. The molecule has 0 bridgehead atoms. The van der Waals surface area contributed by atoms with Crippen molar-refractivity contribution in [3.05, 3.63) is 58.6 Å². The van der Waals surface area contributed by atoms with Crippen molar-refractivity contribution in [2.45, 2.75) is 13.0 Å². The molecule has 0 spiro atoms. The van der Waals surface area contributed by atoms with Crippen molar-refractivity contribution in [1.29, 1.82) is 0 Å². The van der Waals surface area contributed by atoms with Crippen molar-refractivity contribution in [3.8, 4) is 5.75 Å². The van der Waals surface area contributed by atoms with Crippen molar-refractivity contribution in [3.63, 3.8) is 0 Å². The molecule has 0 aliphatic carbocycles. The Morgan fingerprint density at radius 1 is 1.19 bits per heavy atom. The molecule has 0 fully saturated rings. The normalized spacial score (nSPS) is 10.2. The Hall–Kier alpha value is -2.20. The fourth-order valence-corrected chi connectivity index (χ4v) is 2.14. The Kier molecular flexibility index (Phi) is 5.06. The van der Waals surface area contributed by atoms with Crippen molar-refractivity contribution in [1.82, 2.24) is 0 Å². The van der Waals surface area contributed by atoms with Crippen LogP contribution in [-0.2, 0) is 17.8 Å². The third-order valence-corrected chi connectivity index (χ3v) is 3.26. The Labute approximate surface area is 128 Å². The zero-order valence-electron chi connectivity index (χ0n) is 11.6. The predicted molar refractivity (Wildman–Crippen MR) is 83.1 cm³/mol. The van der Waals surface area contributed by atoms with Gasteiger partial charge in [-0.2, -0.15) is 0 Å². The fraction of sp³-hybridized carbons (Fsp3) is 0.188. The van der Waals surface area contributed by atoms with Crippen molar-refractivity contribution in [2.75, 3.05) is 12.4 Å². The molecule has 0 heterocycles. The van der Waals surface area contributed by atoms with Gasteiger partial charge in [-0.1, -0.05) is 35.9 Å². The van der Waals surface area contributed by atoms with Crippen molar-refractivity contribution in [2.24, 2.45) is 0 Å². The summed E-state index contributed by atoms with van der Waals surface area (Å²) in [5, 5.41) is 12.6. The summed E-state index contributed by atoms with van der Waals surface area (Å²) < 4.78 is 5.27. The number of anilines is 1. The van der Waals surface area contributed by atoms with Gasteiger partial charge in [-0.15, -0.1) is 0 Å². The van der Waals surface area contributed by atoms with Gasteiger partial charge in [-0.25, -0.2) is 0 Å². The lowest BCUT2D eigenvalue weighted by Crippen LogP contribution is -2.03. The molecule has 0 saturated heterocycles. The number of carboxylic acids is 1. The molecule has 110 valence electrons. The largest absolute Gasteiger partial charge is 0.495 e. The second kappa shape index (κ2) is 6.99. The maximum Gasteiger partial charge on any atom is 0.307 e. The first-order valence-corrected chi connectivity index (χ1v) is 6.83. The zero-order chi connectivity index (χ0) is 15.2. The number of methoxy groups -OCH3 is 1. The molecule has 2 rings (SSSR count). The molecular formula is C16H16ClNO3. The number of rotatable bonds is 6. The number of ether oxygens (including phenoxy) is 1. The molecule has 0 radical (unpaired) electrons. The quantitative estimate of drug-likeness (QED) is 0.856. The summed E-state index contributed by atoms with van der Waals surface area (Å²) >= 11 is 5.97. The van der Waals surface area contributed by atoms with Gasteiger partial charge >= 0.3 is 5.97 Å². The van der Waals surface area contributed by atoms with Crippen molar-refractivity contribution < 1.29 is 14.6 Å². The van der Waals surface area contributed by atoms with Gasteiger partial charge in [-0.3, -0.25) is 4.79 Å². The van der Waals surface area contributed by atoms with E-state index in [0.29, 0.717) is 11.6 Å². The minimum Gasteiger partial charge on any atom is -0.495 e. The third kappa shape index (κ3) is 4.39. The first kappa shape index (κ1) is 15.2. The maximum absolute atomic E-state index is 10.6. The highest BCUT2D eigenvalue weighted by Gasteiger charge is 2.04. The summed E-state index contributed by atoms with van der Waals surface area (Å²) in [7, 11) is 1.61. The Bertz CT molecular complexity index is 626. The van der Waals surface area contributed by atoms with Crippen LogP contribution >= 0.6 is 11.6 Å². The van der Waals surface area contributed by atoms with Gasteiger partial charge in [0.15, 0.2) is 0 Å². The molecule has 0 saturated carbocycles. The standard InChI is InChI=1S/C16H16ClNO3/c1-21-15-7-6-13(17)9-14(15)18-10-12-4-2-11(3-5-12)8-16(19)20/h2-7,9,18H,8,10H2,1H3,(H,19,20). The maximum atomic E-state index is 10.6. The number of carbonyl (C=O) groups is 1. The molecule has 2 aromatic rings. The summed E-state index contributed by atoms with van der Waals surface area (Å²) in [4.78, 5) is 10.6. The molecule has 0 amide bonds. The molecular weight excluding hydrogens is 290 g/mol. The van der Waals surface area contributed by atoms with Crippen LogP contribution in [0.1, 0.15) is 11.1 Å². The van der Waals surface area contributed by atoms with E-state index >= 15 is 0 Å². The summed E-state index contributed by atoms with van der Waals surface area (Å²) in [6.07, 6.45) is 0.0375. The highest BCUT2D eigenvalue weighted by Crippen LogP contribution is 2.28. The van der Waals surface area contributed by atoms with Crippen LogP contribution in [0.25, 0.3) is 0 Å². The number of carboxylic acid groups (broad SMARTS) is 1. The van der Waals surface area contributed by atoms with Crippen LogP contribution in [0.2, 0.25) is 5.02 Å². The van der Waals surface area contributed by atoms with E-state index in [1.165, 1.54) is 0 Å². The molecule has 0 aliphatic heterocycles. The number of aliphatic carboxylic acids is 1. The lowest BCUT2D eigenvalue weighted by Gasteiger charge is -2.11. The van der Waals surface area contributed by atoms with Crippen LogP contribution in [0.3, 0.4) is 0 Å². The Morgan fingerprint density at radius 2 is 1.86 bits per heavy atom. The van der Waals surface area contributed by atoms with Gasteiger partial charge in [0.05, 0.1) is 19.2 Å². The van der Waals surface area contributed by atoms with E-state index in [4.69, 9.17) is 21.4 Å². The summed E-state index contributed by atoms with van der Waals surface area (Å²) in [6.45, 7) is 0.601. The molecule has 0 aromatic heterocycles. The third-order valence-electron chi connectivity index (χ3n) is 3.02. The minimum absolute atomic E-state index is 0.0375. The lowest BCUT2D eigenvalue weighted by atomic mass is 10.1. The molecule has 0 unspecified atom stereocenters. The fourth-order valence-electron chi connectivity index (χ4n) is 1.97. The van der Waals surface area contributed by atoms with Crippen LogP contribution < -0.4 is 10.1 Å². The molecule has 4 nitrogen and oxygen atoms in total. The van der Waals surface area contributed by atoms with Crippen LogP contribution in [0, 0.1) is 0 Å². The van der Waals surface area contributed by atoms with E-state index in [-0.39, 0.29) is 6.42 Å². The second-order valence-corrected chi connectivity index (χ2v) is 5.02. The van der Waals surface area contributed by atoms with E-state index in [1.54, 1.807) is 25.3 Å². The SMILES string of the molecule is COc1ccc(Cl)cc1NCc1ccc(CC(=O)O)cc1. The second-order valence-electron chi connectivity index (χ2n) is 4.59. The molecule has 5 heteroatoms. The topological polar surface area (TPSA) is 58.6 Å². The first-order valence-electron chi connectivity index (χ1n) is 6.45. The van der Waals surface area contributed by atoms with Crippen LogP contribution in [0.4, 0.5) is 5.69 Å². The zero-order valence-corrected chi connectivity index (χ0v) is 12.4. The number of halogens is 1. The number of hydrogen-bond donors (Lipinski definition) is 2. The van der Waals surface area contributed by atoms with Gasteiger partial charge in [-0.05, 0) is 29.3 Å². The van der Waals surface area contributed by atoms with E-state index in [9.17, 15) is 4.79 Å². The summed E-state index contributed by atoms with van der Waals surface area (Å²) in [5.41, 5.74) is 2.65. The van der Waals surface area contributed by atoms with E-state index in [1.807, 2.05) is 24.3 Å². The monoisotopic (exact) mass is 305 g/mol. The lowest BCUT2D eigenvalue weighted by molar-refractivity contribution is -0.136. The van der Waals surface area contributed by atoms with E-state index in [0.717, 1.165) is 22.6 Å². The van der Waals surface area contributed by atoms with Crippen LogP contribution in [0.5, 0.6) is 5.75 Å².